The fourth-order valence-electron chi connectivity index (χ4n) is 2.49. The summed E-state index contributed by atoms with van der Waals surface area (Å²) < 4.78 is 6.43. The third-order valence-electron chi connectivity index (χ3n) is 3.63. The number of ether oxygens (including phenoxy) is 1. The fourth-order valence-corrected chi connectivity index (χ4v) is 2.90. The van der Waals surface area contributed by atoms with Gasteiger partial charge in [-0.05, 0) is 44.1 Å². The van der Waals surface area contributed by atoms with Gasteiger partial charge in [0.2, 0.25) is 5.91 Å². The van der Waals surface area contributed by atoms with E-state index in [-0.39, 0.29) is 11.8 Å². The lowest BCUT2D eigenvalue weighted by atomic mass is 9.96. The van der Waals surface area contributed by atoms with E-state index < -0.39 is 0 Å². The summed E-state index contributed by atoms with van der Waals surface area (Å²) in [5, 5.41) is 0. The predicted molar refractivity (Wildman–Crippen MR) is 77.9 cm³/mol. The van der Waals surface area contributed by atoms with Crippen LogP contribution >= 0.6 is 15.9 Å². The Hall–Kier alpha value is -1.07. The van der Waals surface area contributed by atoms with E-state index in [1.54, 1.807) is 7.11 Å². The first kappa shape index (κ1) is 14.3. The number of carbonyl (C=O) groups is 1. The Balaban J connectivity index is 1.99. The SMILES string of the molecule is COc1ccc(Br)cc1CN1CCC(C(N)=O)CC1. The number of likely N-dealkylation sites (tertiary alicyclic amines) is 1. The van der Waals surface area contributed by atoms with Crippen molar-refractivity contribution >= 4 is 21.8 Å². The molecule has 104 valence electrons. The van der Waals surface area contributed by atoms with Gasteiger partial charge in [-0.3, -0.25) is 9.69 Å². The van der Waals surface area contributed by atoms with Gasteiger partial charge in [0.25, 0.3) is 0 Å². The topological polar surface area (TPSA) is 55.6 Å². The Morgan fingerprint density at radius 3 is 2.74 bits per heavy atom. The van der Waals surface area contributed by atoms with Gasteiger partial charge in [0.1, 0.15) is 5.75 Å². The van der Waals surface area contributed by atoms with Crippen molar-refractivity contribution in [1.29, 1.82) is 0 Å². The van der Waals surface area contributed by atoms with E-state index >= 15 is 0 Å². The Kier molecular flexibility index (Phi) is 4.82. The highest BCUT2D eigenvalue weighted by atomic mass is 79.9. The summed E-state index contributed by atoms with van der Waals surface area (Å²) in [6, 6.07) is 6.02. The highest BCUT2D eigenvalue weighted by Gasteiger charge is 2.23. The van der Waals surface area contributed by atoms with Crippen molar-refractivity contribution in [2.45, 2.75) is 19.4 Å². The predicted octanol–water partition coefficient (Wildman–Crippen LogP) is 2.16. The van der Waals surface area contributed by atoms with Gasteiger partial charge in [0, 0.05) is 22.5 Å². The number of primary amides is 1. The molecule has 1 aliphatic heterocycles. The van der Waals surface area contributed by atoms with Gasteiger partial charge < -0.3 is 10.5 Å². The summed E-state index contributed by atoms with van der Waals surface area (Å²) in [5.74, 6) is 0.778. The van der Waals surface area contributed by atoms with Gasteiger partial charge >= 0.3 is 0 Å². The van der Waals surface area contributed by atoms with E-state index in [2.05, 4.69) is 26.9 Å². The third kappa shape index (κ3) is 3.70. The quantitative estimate of drug-likeness (QED) is 0.922. The second-order valence-electron chi connectivity index (χ2n) is 4.91. The van der Waals surface area contributed by atoms with E-state index in [0.29, 0.717) is 0 Å². The summed E-state index contributed by atoms with van der Waals surface area (Å²) in [4.78, 5) is 13.5. The average Bonchev–Trinajstić information content (AvgIpc) is 2.39. The zero-order chi connectivity index (χ0) is 13.8. The number of piperidine rings is 1. The number of methoxy groups -OCH3 is 1. The molecule has 1 heterocycles. The standard InChI is InChI=1S/C14H19BrN2O2/c1-19-13-3-2-12(15)8-11(13)9-17-6-4-10(5-7-17)14(16)18/h2-3,8,10H,4-7,9H2,1H3,(H2,16,18). The number of benzene rings is 1. The molecule has 1 aromatic rings. The first-order valence-corrected chi connectivity index (χ1v) is 7.23. The Morgan fingerprint density at radius 2 is 2.16 bits per heavy atom. The van der Waals surface area contributed by atoms with Gasteiger partial charge in [-0.25, -0.2) is 0 Å². The van der Waals surface area contributed by atoms with Crippen molar-refractivity contribution in [3.05, 3.63) is 28.2 Å². The number of amides is 1. The zero-order valence-electron chi connectivity index (χ0n) is 11.1. The van der Waals surface area contributed by atoms with Crippen LogP contribution in [0.1, 0.15) is 18.4 Å². The van der Waals surface area contributed by atoms with Gasteiger partial charge in [-0.2, -0.15) is 0 Å². The molecule has 0 aromatic heterocycles. The number of nitrogens with two attached hydrogens (primary N) is 1. The molecular formula is C14H19BrN2O2. The molecule has 1 aliphatic rings. The first-order valence-electron chi connectivity index (χ1n) is 6.44. The summed E-state index contributed by atoms with van der Waals surface area (Å²) in [5.41, 5.74) is 6.51. The number of hydrogen-bond acceptors (Lipinski definition) is 3. The molecule has 0 radical (unpaired) electrons. The molecular weight excluding hydrogens is 308 g/mol. The van der Waals surface area contributed by atoms with Crippen LogP contribution < -0.4 is 10.5 Å². The molecule has 1 fully saturated rings. The van der Waals surface area contributed by atoms with Crippen molar-refractivity contribution in [2.75, 3.05) is 20.2 Å². The van der Waals surface area contributed by atoms with Crippen molar-refractivity contribution in [2.24, 2.45) is 11.7 Å². The van der Waals surface area contributed by atoms with Gasteiger partial charge in [0.15, 0.2) is 0 Å². The minimum absolute atomic E-state index is 0.0423. The van der Waals surface area contributed by atoms with Crippen molar-refractivity contribution in [3.8, 4) is 5.75 Å². The maximum Gasteiger partial charge on any atom is 0.220 e. The van der Waals surface area contributed by atoms with E-state index in [4.69, 9.17) is 10.5 Å². The highest BCUT2D eigenvalue weighted by molar-refractivity contribution is 9.10. The fraction of sp³-hybridized carbons (Fsp3) is 0.500. The van der Waals surface area contributed by atoms with Crippen LogP contribution in [0, 0.1) is 5.92 Å². The van der Waals surface area contributed by atoms with Crippen molar-refractivity contribution in [1.82, 2.24) is 4.90 Å². The average molecular weight is 327 g/mol. The van der Waals surface area contributed by atoms with E-state index in [1.165, 1.54) is 0 Å². The Labute approximate surface area is 122 Å². The molecule has 0 aliphatic carbocycles. The minimum atomic E-state index is -0.167. The van der Waals surface area contributed by atoms with E-state index in [9.17, 15) is 4.79 Å². The number of nitrogens with zero attached hydrogens (tertiary/aromatic N) is 1. The lowest BCUT2D eigenvalue weighted by molar-refractivity contribution is -0.123. The Morgan fingerprint density at radius 1 is 1.47 bits per heavy atom. The first-order chi connectivity index (χ1) is 9.10. The normalized spacial score (nSPS) is 17.4. The lowest BCUT2D eigenvalue weighted by Crippen LogP contribution is -2.38. The Bertz CT molecular complexity index is 457. The smallest absolute Gasteiger partial charge is 0.220 e. The maximum absolute atomic E-state index is 11.1. The molecule has 0 unspecified atom stereocenters. The highest BCUT2D eigenvalue weighted by Crippen LogP contribution is 2.26. The molecule has 2 N–H and O–H groups in total. The van der Waals surface area contributed by atoms with Crippen LogP contribution in [0.4, 0.5) is 0 Å². The van der Waals surface area contributed by atoms with E-state index in [1.807, 2.05) is 12.1 Å². The van der Waals surface area contributed by atoms with Crippen LogP contribution in [-0.2, 0) is 11.3 Å². The van der Waals surface area contributed by atoms with Gasteiger partial charge in [0.05, 0.1) is 7.11 Å². The molecule has 19 heavy (non-hydrogen) atoms. The van der Waals surface area contributed by atoms with Crippen LogP contribution in [0.25, 0.3) is 0 Å². The monoisotopic (exact) mass is 326 g/mol. The summed E-state index contributed by atoms with van der Waals surface area (Å²) in [6.07, 6.45) is 1.71. The zero-order valence-corrected chi connectivity index (χ0v) is 12.6. The van der Waals surface area contributed by atoms with Gasteiger partial charge in [-0.15, -0.1) is 0 Å². The molecule has 4 nitrogen and oxygen atoms in total. The second kappa shape index (κ2) is 6.39. The molecule has 0 saturated carbocycles. The van der Waals surface area contributed by atoms with Crippen molar-refractivity contribution < 1.29 is 9.53 Å². The van der Waals surface area contributed by atoms with Crippen LogP contribution in [0.5, 0.6) is 5.75 Å². The molecule has 5 heteroatoms. The van der Waals surface area contributed by atoms with Crippen LogP contribution in [0.3, 0.4) is 0 Å². The molecule has 1 aromatic carbocycles. The maximum atomic E-state index is 11.1. The third-order valence-corrected chi connectivity index (χ3v) is 4.12. The number of hydrogen-bond donors (Lipinski definition) is 1. The summed E-state index contributed by atoms with van der Waals surface area (Å²) in [6.45, 7) is 2.65. The summed E-state index contributed by atoms with van der Waals surface area (Å²) >= 11 is 3.48. The summed E-state index contributed by atoms with van der Waals surface area (Å²) in [7, 11) is 1.69. The second-order valence-corrected chi connectivity index (χ2v) is 5.82. The van der Waals surface area contributed by atoms with E-state index in [0.717, 1.165) is 48.3 Å². The van der Waals surface area contributed by atoms with Crippen LogP contribution in [0.2, 0.25) is 0 Å². The number of carbonyl (C=O) groups excluding carboxylic acids is 1. The molecule has 0 bridgehead atoms. The largest absolute Gasteiger partial charge is 0.496 e. The number of halogens is 1. The molecule has 1 saturated heterocycles. The molecule has 0 atom stereocenters. The van der Waals surface area contributed by atoms with Crippen molar-refractivity contribution in [3.63, 3.8) is 0 Å². The van der Waals surface area contributed by atoms with Gasteiger partial charge in [-0.1, -0.05) is 15.9 Å². The molecule has 1 amide bonds. The molecule has 0 spiro atoms. The number of rotatable bonds is 4. The minimum Gasteiger partial charge on any atom is -0.496 e. The van der Waals surface area contributed by atoms with Crippen LogP contribution in [-0.4, -0.2) is 31.0 Å². The van der Waals surface area contributed by atoms with Crippen LogP contribution in [0.15, 0.2) is 22.7 Å². The lowest BCUT2D eigenvalue weighted by Gasteiger charge is -2.30. The molecule has 2 rings (SSSR count).